The summed E-state index contributed by atoms with van der Waals surface area (Å²) in [6.07, 6.45) is 0.286. The summed E-state index contributed by atoms with van der Waals surface area (Å²) in [6, 6.07) is 11.2. The highest BCUT2D eigenvalue weighted by Gasteiger charge is 2.10. The van der Waals surface area contributed by atoms with Crippen molar-refractivity contribution >= 4 is 22.5 Å². The van der Waals surface area contributed by atoms with Crippen molar-refractivity contribution < 1.29 is 19.1 Å². The van der Waals surface area contributed by atoms with Gasteiger partial charge in [0.05, 0.1) is 20.1 Å². The zero-order valence-electron chi connectivity index (χ0n) is 12.2. The number of fused-ring (bicyclic) bond motifs is 1. The van der Waals surface area contributed by atoms with Gasteiger partial charge < -0.3 is 9.47 Å². The van der Waals surface area contributed by atoms with E-state index in [1.807, 2.05) is 30.3 Å². The summed E-state index contributed by atoms with van der Waals surface area (Å²) in [7, 11) is 1.62. The van der Waals surface area contributed by atoms with E-state index in [1.54, 1.807) is 20.1 Å². The maximum absolute atomic E-state index is 12.1. The largest absolute Gasteiger partial charge is 0.497 e. The van der Waals surface area contributed by atoms with E-state index in [0.717, 1.165) is 16.5 Å². The minimum atomic E-state index is -0.337. The third kappa shape index (κ3) is 3.81. The van der Waals surface area contributed by atoms with Gasteiger partial charge in [0.2, 0.25) is 0 Å². The van der Waals surface area contributed by atoms with E-state index in [9.17, 15) is 9.59 Å². The molecule has 110 valence electrons. The number of esters is 1. The van der Waals surface area contributed by atoms with Crippen molar-refractivity contribution in [1.29, 1.82) is 0 Å². The highest BCUT2D eigenvalue weighted by Crippen LogP contribution is 2.22. The summed E-state index contributed by atoms with van der Waals surface area (Å²) < 4.78 is 9.99. The molecule has 4 heteroatoms. The Labute approximate surface area is 123 Å². The molecular formula is C17H18O4. The molecule has 0 N–H and O–H groups in total. The molecule has 0 radical (unpaired) electrons. The smallest absolute Gasteiger partial charge is 0.306 e. The molecule has 0 aliphatic rings. The van der Waals surface area contributed by atoms with Crippen LogP contribution in [0.15, 0.2) is 36.4 Å². The molecule has 0 aliphatic carbocycles. The molecule has 21 heavy (non-hydrogen) atoms. The highest BCUT2D eigenvalue weighted by molar-refractivity contribution is 6.01. The Balaban J connectivity index is 2.11. The molecule has 2 aromatic rings. The molecule has 0 aliphatic heterocycles. The normalized spacial score (nSPS) is 10.4. The lowest BCUT2D eigenvalue weighted by molar-refractivity contribution is -0.143. The molecule has 0 spiro atoms. The van der Waals surface area contributed by atoms with Crippen molar-refractivity contribution in [2.24, 2.45) is 0 Å². The Bertz CT molecular complexity index is 661. The van der Waals surface area contributed by atoms with E-state index in [4.69, 9.17) is 9.47 Å². The summed E-state index contributed by atoms with van der Waals surface area (Å²) in [5, 5.41) is 1.98. The van der Waals surface area contributed by atoms with Crippen LogP contribution in [0.4, 0.5) is 0 Å². The Hall–Kier alpha value is -2.36. The van der Waals surface area contributed by atoms with E-state index in [1.165, 1.54) is 0 Å². The van der Waals surface area contributed by atoms with Crippen LogP contribution in [0.5, 0.6) is 5.75 Å². The van der Waals surface area contributed by atoms with Gasteiger partial charge in [-0.2, -0.15) is 0 Å². The first-order chi connectivity index (χ1) is 10.1. The van der Waals surface area contributed by atoms with E-state index in [2.05, 4.69) is 0 Å². The Morgan fingerprint density at radius 1 is 1.00 bits per heavy atom. The lowest BCUT2D eigenvalue weighted by atomic mass is 10.0. The van der Waals surface area contributed by atoms with Gasteiger partial charge in [-0.1, -0.05) is 18.2 Å². The average Bonchev–Trinajstić information content (AvgIpc) is 2.51. The van der Waals surface area contributed by atoms with Crippen molar-refractivity contribution in [3.8, 4) is 5.75 Å². The number of ether oxygens (including phenoxy) is 2. The average molecular weight is 286 g/mol. The maximum Gasteiger partial charge on any atom is 0.306 e. The number of rotatable bonds is 6. The van der Waals surface area contributed by atoms with Crippen molar-refractivity contribution in [3.63, 3.8) is 0 Å². The van der Waals surface area contributed by atoms with Gasteiger partial charge >= 0.3 is 5.97 Å². The molecule has 0 bridgehead atoms. The summed E-state index contributed by atoms with van der Waals surface area (Å²) in [4.78, 5) is 23.4. The van der Waals surface area contributed by atoms with Crippen LogP contribution in [-0.4, -0.2) is 25.5 Å². The van der Waals surface area contributed by atoms with Crippen molar-refractivity contribution in [2.45, 2.75) is 19.8 Å². The van der Waals surface area contributed by atoms with Crippen molar-refractivity contribution in [2.75, 3.05) is 13.7 Å². The van der Waals surface area contributed by atoms with Crippen molar-refractivity contribution in [3.05, 3.63) is 42.0 Å². The predicted molar refractivity (Wildman–Crippen MR) is 80.7 cm³/mol. The summed E-state index contributed by atoms with van der Waals surface area (Å²) in [5.74, 6) is 0.390. The number of methoxy groups -OCH3 is 1. The molecule has 0 atom stereocenters. The first-order valence-corrected chi connectivity index (χ1v) is 6.90. The van der Waals surface area contributed by atoms with Gasteiger partial charge in [-0.25, -0.2) is 0 Å². The van der Waals surface area contributed by atoms with Crippen LogP contribution in [0, 0.1) is 0 Å². The number of carbonyl (C=O) groups is 2. The van der Waals surface area contributed by atoms with Crippen LogP contribution in [0.3, 0.4) is 0 Å². The quantitative estimate of drug-likeness (QED) is 0.603. The number of benzene rings is 2. The predicted octanol–water partition coefficient (Wildman–Crippen LogP) is 3.37. The third-order valence-corrected chi connectivity index (χ3v) is 3.23. The summed E-state index contributed by atoms with van der Waals surface area (Å²) in [6.45, 7) is 2.09. The van der Waals surface area contributed by atoms with E-state index in [0.29, 0.717) is 12.2 Å². The fourth-order valence-corrected chi connectivity index (χ4v) is 2.12. The van der Waals surface area contributed by atoms with Gasteiger partial charge in [-0.15, -0.1) is 0 Å². The monoisotopic (exact) mass is 286 g/mol. The van der Waals surface area contributed by atoms with Gasteiger partial charge in [0.15, 0.2) is 5.78 Å². The fraction of sp³-hybridized carbons (Fsp3) is 0.294. The van der Waals surface area contributed by atoms with Crippen LogP contribution < -0.4 is 4.74 Å². The minimum absolute atomic E-state index is 0.0548. The SMILES string of the molecule is CCOC(=O)CCC(=O)c1ccc2cc(OC)ccc2c1. The number of ketones is 1. The number of hydrogen-bond donors (Lipinski definition) is 0. The Morgan fingerprint density at radius 2 is 1.71 bits per heavy atom. The molecule has 2 aromatic carbocycles. The molecule has 0 aromatic heterocycles. The van der Waals surface area contributed by atoms with Crippen LogP contribution in [0.2, 0.25) is 0 Å². The summed E-state index contributed by atoms with van der Waals surface area (Å²) >= 11 is 0. The fourth-order valence-electron chi connectivity index (χ4n) is 2.12. The second kappa shape index (κ2) is 6.88. The number of Topliss-reactive ketones (excluding diaryl/α,β-unsaturated/α-hetero) is 1. The molecule has 0 saturated heterocycles. The molecule has 0 fully saturated rings. The second-order valence-corrected chi connectivity index (χ2v) is 4.66. The van der Waals surface area contributed by atoms with E-state index in [-0.39, 0.29) is 24.6 Å². The van der Waals surface area contributed by atoms with Crippen LogP contribution in [0.1, 0.15) is 30.1 Å². The Morgan fingerprint density at radius 3 is 2.43 bits per heavy atom. The van der Waals surface area contributed by atoms with Gasteiger partial charge in [-0.3, -0.25) is 9.59 Å². The molecule has 2 rings (SSSR count). The molecule has 0 saturated carbocycles. The highest BCUT2D eigenvalue weighted by atomic mass is 16.5. The summed E-state index contributed by atoms with van der Waals surface area (Å²) in [5.41, 5.74) is 0.608. The van der Waals surface area contributed by atoms with Gasteiger partial charge in [0, 0.05) is 12.0 Å². The standard InChI is InChI=1S/C17H18O4/c1-3-21-17(19)9-8-16(18)14-5-4-13-11-15(20-2)7-6-12(13)10-14/h4-7,10-11H,3,8-9H2,1-2H3. The van der Waals surface area contributed by atoms with Crippen LogP contribution in [-0.2, 0) is 9.53 Å². The van der Waals surface area contributed by atoms with Gasteiger partial charge in [0.25, 0.3) is 0 Å². The molecule has 0 amide bonds. The zero-order valence-corrected chi connectivity index (χ0v) is 12.2. The Kier molecular flexibility index (Phi) is 4.93. The minimum Gasteiger partial charge on any atom is -0.497 e. The zero-order chi connectivity index (χ0) is 15.2. The first-order valence-electron chi connectivity index (χ1n) is 6.90. The van der Waals surface area contributed by atoms with Crippen molar-refractivity contribution in [1.82, 2.24) is 0 Å². The van der Waals surface area contributed by atoms with Crippen LogP contribution >= 0.6 is 0 Å². The van der Waals surface area contributed by atoms with E-state index >= 15 is 0 Å². The molecule has 0 heterocycles. The third-order valence-electron chi connectivity index (χ3n) is 3.23. The second-order valence-electron chi connectivity index (χ2n) is 4.66. The number of carbonyl (C=O) groups excluding carboxylic acids is 2. The maximum atomic E-state index is 12.1. The lowest BCUT2D eigenvalue weighted by Gasteiger charge is -2.05. The topological polar surface area (TPSA) is 52.6 Å². The number of hydrogen-bond acceptors (Lipinski definition) is 4. The molecular weight excluding hydrogens is 268 g/mol. The lowest BCUT2D eigenvalue weighted by Crippen LogP contribution is -2.07. The molecule has 4 nitrogen and oxygen atoms in total. The van der Waals surface area contributed by atoms with Gasteiger partial charge in [-0.05, 0) is 35.9 Å². The van der Waals surface area contributed by atoms with Gasteiger partial charge in [0.1, 0.15) is 5.75 Å². The first kappa shape index (κ1) is 15.0. The molecule has 0 unspecified atom stereocenters. The van der Waals surface area contributed by atoms with Crippen LogP contribution in [0.25, 0.3) is 10.8 Å². The van der Waals surface area contributed by atoms with E-state index < -0.39 is 0 Å².